The van der Waals surface area contributed by atoms with Crippen LogP contribution in [0.4, 0.5) is 5.69 Å². The minimum Gasteiger partial charge on any atom is -0.495 e. The molecule has 2 aromatic carbocycles. The van der Waals surface area contributed by atoms with Crippen molar-refractivity contribution in [2.24, 2.45) is 0 Å². The highest BCUT2D eigenvalue weighted by Crippen LogP contribution is 2.28. The monoisotopic (exact) mass is 429 g/mol. The lowest BCUT2D eigenvalue weighted by Gasteiger charge is -2.13. The zero-order chi connectivity index (χ0) is 21.3. The van der Waals surface area contributed by atoms with Crippen LogP contribution in [-0.4, -0.2) is 39.4 Å². The molecule has 158 valence electrons. The van der Waals surface area contributed by atoms with Gasteiger partial charge in [-0.15, -0.1) is 0 Å². The third-order valence-corrected chi connectivity index (χ3v) is 6.45. The summed E-state index contributed by atoms with van der Waals surface area (Å²) in [5.41, 5.74) is 1.06. The van der Waals surface area contributed by atoms with E-state index in [4.69, 9.17) is 4.74 Å². The van der Waals surface area contributed by atoms with E-state index in [1.165, 1.54) is 25.3 Å². The van der Waals surface area contributed by atoms with Gasteiger partial charge in [-0.3, -0.25) is 9.59 Å². The topological polar surface area (TPSA) is 114 Å². The second kappa shape index (κ2) is 8.08. The molecule has 0 radical (unpaired) electrons. The summed E-state index contributed by atoms with van der Waals surface area (Å²) in [5.74, 6) is -0.503. The third kappa shape index (κ3) is 4.80. The van der Waals surface area contributed by atoms with Crippen molar-refractivity contribution in [1.29, 1.82) is 0 Å². The summed E-state index contributed by atoms with van der Waals surface area (Å²) in [4.78, 5) is 24.9. The lowest BCUT2D eigenvalue weighted by molar-refractivity contribution is 0.0949. The molecule has 3 N–H and O–H groups in total. The van der Waals surface area contributed by atoms with Crippen LogP contribution in [0.5, 0.6) is 5.75 Å². The number of carbonyl (C=O) groups excluding carboxylic acids is 2. The molecule has 2 saturated carbocycles. The molecule has 0 unspecified atom stereocenters. The van der Waals surface area contributed by atoms with Crippen LogP contribution in [0.3, 0.4) is 0 Å². The molecular weight excluding hydrogens is 406 g/mol. The lowest BCUT2D eigenvalue weighted by Crippen LogP contribution is -2.26. The van der Waals surface area contributed by atoms with E-state index in [2.05, 4.69) is 15.4 Å². The summed E-state index contributed by atoms with van der Waals surface area (Å²) >= 11 is 0. The molecule has 2 fully saturated rings. The number of benzene rings is 2. The smallest absolute Gasteiger partial charge is 0.255 e. The molecule has 30 heavy (non-hydrogen) atoms. The van der Waals surface area contributed by atoms with Gasteiger partial charge in [0.25, 0.3) is 11.8 Å². The Balaban J connectivity index is 1.53. The molecule has 2 aliphatic rings. The normalized spacial score (nSPS) is 16.0. The number of methoxy groups -OCH3 is 1. The summed E-state index contributed by atoms with van der Waals surface area (Å²) in [7, 11) is -2.42. The molecule has 0 aliphatic heterocycles. The molecule has 9 heteroatoms. The van der Waals surface area contributed by atoms with Crippen LogP contribution in [0.2, 0.25) is 0 Å². The fourth-order valence-corrected chi connectivity index (χ4v) is 4.45. The highest BCUT2D eigenvalue weighted by molar-refractivity contribution is 7.89. The van der Waals surface area contributed by atoms with Gasteiger partial charge < -0.3 is 15.4 Å². The molecule has 0 heterocycles. The molecule has 0 aromatic heterocycles. The first-order valence-corrected chi connectivity index (χ1v) is 11.3. The van der Waals surface area contributed by atoms with Gasteiger partial charge in [-0.05, 0) is 62.1 Å². The number of anilines is 1. The van der Waals surface area contributed by atoms with E-state index in [9.17, 15) is 18.0 Å². The SMILES string of the molecule is COc1ccc(C(=O)Nc2cccc(C(=O)NC3CC3)c2)cc1S(=O)(=O)NC1CC1. The van der Waals surface area contributed by atoms with Crippen molar-refractivity contribution >= 4 is 27.5 Å². The van der Waals surface area contributed by atoms with E-state index in [1.807, 2.05) is 0 Å². The van der Waals surface area contributed by atoms with Crippen LogP contribution in [0.15, 0.2) is 47.4 Å². The van der Waals surface area contributed by atoms with E-state index in [0.29, 0.717) is 11.3 Å². The first-order chi connectivity index (χ1) is 14.4. The Morgan fingerprint density at radius 2 is 1.63 bits per heavy atom. The first kappa shape index (κ1) is 20.4. The van der Waals surface area contributed by atoms with E-state index in [-0.39, 0.29) is 34.2 Å². The van der Waals surface area contributed by atoms with Crippen molar-refractivity contribution in [2.75, 3.05) is 12.4 Å². The van der Waals surface area contributed by atoms with Crippen LogP contribution >= 0.6 is 0 Å². The fourth-order valence-electron chi connectivity index (χ4n) is 2.95. The van der Waals surface area contributed by atoms with Gasteiger partial charge in [-0.2, -0.15) is 0 Å². The molecule has 0 saturated heterocycles. The Hall–Kier alpha value is -2.91. The summed E-state index contributed by atoms with van der Waals surface area (Å²) in [5, 5.41) is 5.62. The van der Waals surface area contributed by atoms with Crippen LogP contribution in [0.1, 0.15) is 46.4 Å². The Kier molecular flexibility index (Phi) is 5.48. The number of carbonyl (C=O) groups is 2. The van der Waals surface area contributed by atoms with Crippen molar-refractivity contribution in [2.45, 2.75) is 42.7 Å². The zero-order valence-corrected chi connectivity index (χ0v) is 17.3. The molecule has 0 spiro atoms. The van der Waals surface area contributed by atoms with Gasteiger partial charge in [0.15, 0.2) is 0 Å². The highest BCUT2D eigenvalue weighted by Gasteiger charge is 2.30. The average Bonchev–Trinajstić information content (AvgIpc) is 3.65. The Morgan fingerprint density at radius 3 is 2.30 bits per heavy atom. The molecule has 8 nitrogen and oxygen atoms in total. The van der Waals surface area contributed by atoms with E-state index in [0.717, 1.165) is 25.7 Å². The first-order valence-electron chi connectivity index (χ1n) is 9.78. The van der Waals surface area contributed by atoms with Crippen LogP contribution < -0.4 is 20.1 Å². The molecule has 0 bridgehead atoms. The van der Waals surface area contributed by atoms with Crippen molar-refractivity contribution < 1.29 is 22.7 Å². The number of sulfonamides is 1. The van der Waals surface area contributed by atoms with Gasteiger partial charge in [-0.25, -0.2) is 13.1 Å². The number of hydrogen-bond donors (Lipinski definition) is 3. The van der Waals surface area contributed by atoms with Crippen molar-refractivity contribution in [1.82, 2.24) is 10.0 Å². The van der Waals surface area contributed by atoms with Gasteiger partial charge in [0.2, 0.25) is 10.0 Å². The predicted molar refractivity (Wildman–Crippen MR) is 111 cm³/mol. The van der Waals surface area contributed by atoms with Gasteiger partial charge >= 0.3 is 0 Å². The van der Waals surface area contributed by atoms with Gasteiger partial charge in [-0.1, -0.05) is 6.07 Å². The Labute approximate surface area is 175 Å². The van der Waals surface area contributed by atoms with E-state index >= 15 is 0 Å². The second-order valence-electron chi connectivity index (χ2n) is 7.54. The predicted octanol–water partition coefficient (Wildman–Crippen LogP) is 2.28. The zero-order valence-electron chi connectivity index (χ0n) is 16.5. The second-order valence-corrected chi connectivity index (χ2v) is 9.23. The molecule has 0 atom stereocenters. The number of hydrogen-bond acceptors (Lipinski definition) is 5. The highest BCUT2D eigenvalue weighted by atomic mass is 32.2. The number of amides is 2. The number of ether oxygens (including phenoxy) is 1. The van der Waals surface area contributed by atoms with E-state index < -0.39 is 15.9 Å². The quantitative estimate of drug-likeness (QED) is 0.596. The Bertz CT molecular complexity index is 1090. The number of rotatable bonds is 8. The van der Waals surface area contributed by atoms with Gasteiger partial charge in [0, 0.05) is 28.9 Å². The maximum atomic E-state index is 12.7. The lowest BCUT2D eigenvalue weighted by atomic mass is 10.1. The summed E-state index contributed by atoms with van der Waals surface area (Å²) in [6.07, 6.45) is 3.57. The summed E-state index contributed by atoms with van der Waals surface area (Å²) in [6.45, 7) is 0. The van der Waals surface area contributed by atoms with Gasteiger partial charge in [0.1, 0.15) is 10.6 Å². The number of nitrogens with one attached hydrogen (secondary N) is 3. The van der Waals surface area contributed by atoms with E-state index in [1.54, 1.807) is 24.3 Å². The summed E-state index contributed by atoms with van der Waals surface area (Å²) < 4.78 is 33.0. The van der Waals surface area contributed by atoms with Gasteiger partial charge in [0.05, 0.1) is 7.11 Å². The maximum Gasteiger partial charge on any atom is 0.255 e. The van der Waals surface area contributed by atoms with Crippen LogP contribution in [0.25, 0.3) is 0 Å². The van der Waals surface area contributed by atoms with Crippen molar-refractivity contribution in [3.05, 3.63) is 53.6 Å². The molecule has 4 rings (SSSR count). The van der Waals surface area contributed by atoms with Crippen molar-refractivity contribution in [3.63, 3.8) is 0 Å². The minimum absolute atomic E-state index is 0.0679. The van der Waals surface area contributed by atoms with Crippen LogP contribution in [0, 0.1) is 0 Å². The molecule has 2 aromatic rings. The third-order valence-electron chi connectivity index (χ3n) is 4.91. The van der Waals surface area contributed by atoms with Crippen LogP contribution in [-0.2, 0) is 10.0 Å². The van der Waals surface area contributed by atoms with Crippen molar-refractivity contribution in [3.8, 4) is 5.75 Å². The minimum atomic E-state index is -3.80. The Morgan fingerprint density at radius 1 is 0.933 bits per heavy atom. The largest absolute Gasteiger partial charge is 0.495 e. The standard InChI is InChI=1S/C21H23N3O5S/c1-29-18-10-5-14(12-19(18)30(27,28)24-16-8-9-16)21(26)23-17-4-2-3-13(11-17)20(25)22-15-6-7-15/h2-5,10-12,15-16,24H,6-9H2,1H3,(H,22,25)(H,23,26). The average molecular weight is 429 g/mol. The molecular formula is C21H23N3O5S. The molecule has 2 aliphatic carbocycles. The fraction of sp³-hybridized carbons (Fsp3) is 0.333. The maximum absolute atomic E-state index is 12.7. The summed E-state index contributed by atoms with van der Waals surface area (Å²) in [6, 6.07) is 11.0. The molecule has 2 amide bonds.